The molecule has 1 rings (SSSR count). The van der Waals surface area contributed by atoms with Crippen LogP contribution in [-0.2, 0) is 0 Å². The second-order valence-corrected chi connectivity index (χ2v) is 3.77. The number of amides is 1. The Morgan fingerprint density at radius 1 is 1.39 bits per heavy atom. The second kappa shape index (κ2) is 5.16. The number of carbonyl (C=O) groups excluding carboxylic acids is 1. The minimum atomic E-state index is -4.31. The van der Waals surface area contributed by atoms with Crippen molar-refractivity contribution in [3.63, 3.8) is 0 Å². The lowest BCUT2D eigenvalue weighted by atomic mass is 10.1. The first-order valence-corrected chi connectivity index (χ1v) is 5.25. The number of nitrogens with two attached hydrogens (primary N) is 2. The molecule has 0 aliphatic carbocycles. The highest BCUT2D eigenvalue weighted by Gasteiger charge is 2.30. The fraction of sp³-hybridized carbons (Fsp3) is 0.364. The number of nitrogen functional groups attached to an aromatic ring is 1. The molecule has 1 amide bonds. The van der Waals surface area contributed by atoms with Gasteiger partial charge in [-0.3, -0.25) is 4.79 Å². The number of halogens is 3. The summed E-state index contributed by atoms with van der Waals surface area (Å²) in [5, 5.41) is 0. The van der Waals surface area contributed by atoms with Crippen LogP contribution in [-0.4, -0.2) is 25.2 Å². The van der Waals surface area contributed by atoms with Crippen LogP contribution < -0.4 is 16.4 Å². The average molecular weight is 261 g/mol. The first-order chi connectivity index (χ1) is 8.24. The molecule has 0 saturated heterocycles. The molecule has 0 aliphatic heterocycles. The molecule has 18 heavy (non-hydrogen) atoms. The summed E-state index contributed by atoms with van der Waals surface area (Å²) in [5.74, 6) is -0.674. The number of anilines is 2. The van der Waals surface area contributed by atoms with Gasteiger partial charge in [0, 0.05) is 12.1 Å². The number of primary amides is 1. The van der Waals surface area contributed by atoms with Gasteiger partial charge in [0.15, 0.2) is 0 Å². The van der Waals surface area contributed by atoms with E-state index in [1.807, 2.05) is 0 Å². The molecular formula is C11H14F3N3O. The van der Waals surface area contributed by atoms with E-state index in [0.29, 0.717) is 0 Å². The van der Waals surface area contributed by atoms with E-state index in [0.717, 1.165) is 4.90 Å². The standard InChI is InChI=1S/C11H14F3N3O/c1-2-17(6-11(12,13)14)9-4-3-7(10(16)18)5-8(9)15/h3-5H,2,6,15H2,1H3,(H2,16,18). The van der Waals surface area contributed by atoms with Crippen molar-refractivity contribution in [1.29, 1.82) is 0 Å². The molecule has 0 heterocycles. The van der Waals surface area contributed by atoms with Crippen LogP contribution >= 0.6 is 0 Å². The second-order valence-electron chi connectivity index (χ2n) is 3.77. The molecule has 4 N–H and O–H groups in total. The number of hydrogen-bond donors (Lipinski definition) is 2. The molecule has 0 radical (unpaired) electrons. The molecule has 0 aromatic heterocycles. The van der Waals surface area contributed by atoms with E-state index in [1.165, 1.54) is 18.2 Å². The summed E-state index contributed by atoms with van der Waals surface area (Å²) in [6, 6.07) is 3.99. The highest BCUT2D eigenvalue weighted by Crippen LogP contribution is 2.27. The minimum Gasteiger partial charge on any atom is -0.397 e. The monoisotopic (exact) mass is 261 g/mol. The van der Waals surface area contributed by atoms with Gasteiger partial charge in [-0.15, -0.1) is 0 Å². The van der Waals surface area contributed by atoms with Crippen molar-refractivity contribution >= 4 is 17.3 Å². The Morgan fingerprint density at radius 2 is 2.00 bits per heavy atom. The molecule has 0 saturated carbocycles. The lowest BCUT2D eigenvalue weighted by Crippen LogP contribution is -2.34. The Morgan fingerprint density at radius 3 is 2.39 bits per heavy atom. The molecule has 1 aromatic carbocycles. The maximum Gasteiger partial charge on any atom is 0.405 e. The largest absolute Gasteiger partial charge is 0.405 e. The summed E-state index contributed by atoms with van der Waals surface area (Å²) in [6.45, 7) is 0.649. The Balaban J connectivity index is 3.04. The van der Waals surface area contributed by atoms with Gasteiger partial charge < -0.3 is 16.4 Å². The summed E-state index contributed by atoms with van der Waals surface area (Å²) in [4.78, 5) is 12.0. The van der Waals surface area contributed by atoms with Gasteiger partial charge in [0.1, 0.15) is 6.54 Å². The third-order valence-corrected chi connectivity index (χ3v) is 2.40. The van der Waals surface area contributed by atoms with Gasteiger partial charge in [-0.25, -0.2) is 0 Å². The summed E-state index contributed by atoms with van der Waals surface area (Å²) >= 11 is 0. The molecule has 100 valence electrons. The van der Waals surface area contributed by atoms with Crippen LogP contribution in [0.1, 0.15) is 17.3 Å². The van der Waals surface area contributed by atoms with Gasteiger partial charge in [0.2, 0.25) is 5.91 Å². The molecule has 7 heteroatoms. The highest BCUT2D eigenvalue weighted by atomic mass is 19.4. The van der Waals surface area contributed by atoms with Crippen LogP contribution in [0, 0.1) is 0 Å². The highest BCUT2D eigenvalue weighted by molar-refractivity contribution is 5.94. The van der Waals surface area contributed by atoms with Crippen molar-refractivity contribution in [2.45, 2.75) is 13.1 Å². The molecule has 0 unspecified atom stereocenters. The van der Waals surface area contributed by atoms with Gasteiger partial charge in [0.25, 0.3) is 0 Å². The third kappa shape index (κ3) is 3.54. The Hall–Kier alpha value is -1.92. The van der Waals surface area contributed by atoms with Gasteiger partial charge in [-0.2, -0.15) is 13.2 Å². The first kappa shape index (κ1) is 14.1. The van der Waals surface area contributed by atoms with E-state index in [4.69, 9.17) is 11.5 Å². The molecule has 0 fully saturated rings. The normalized spacial score (nSPS) is 11.3. The first-order valence-electron chi connectivity index (χ1n) is 5.25. The molecular weight excluding hydrogens is 247 g/mol. The van der Waals surface area contributed by atoms with Gasteiger partial charge in [0.05, 0.1) is 11.4 Å². The zero-order valence-electron chi connectivity index (χ0n) is 9.79. The van der Waals surface area contributed by atoms with E-state index in [1.54, 1.807) is 6.92 Å². The smallest absolute Gasteiger partial charge is 0.397 e. The van der Waals surface area contributed by atoms with Gasteiger partial charge in [-0.1, -0.05) is 0 Å². The van der Waals surface area contributed by atoms with Crippen LogP contribution in [0.2, 0.25) is 0 Å². The summed E-state index contributed by atoms with van der Waals surface area (Å²) < 4.78 is 37.1. The van der Waals surface area contributed by atoms with Crippen molar-refractivity contribution in [2.75, 3.05) is 23.7 Å². The van der Waals surface area contributed by atoms with Crippen LogP contribution in [0.25, 0.3) is 0 Å². The van der Waals surface area contributed by atoms with Crippen LogP contribution in [0.4, 0.5) is 24.5 Å². The Labute approximate surface area is 102 Å². The number of hydrogen-bond acceptors (Lipinski definition) is 3. The van der Waals surface area contributed by atoms with E-state index in [2.05, 4.69) is 0 Å². The number of benzene rings is 1. The fourth-order valence-electron chi connectivity index (χ4n) is 1.58. The fourth-order valence-corrected chi connectivity index (χ4v) is 1.58. The van der Waals surface area contributed by atoms with Crippen molar-refractivity contribution < 1.29 is 18.0 Å². The van der Waals surface area contributed by atoms with E-state index in [-0.39, 0.29) is 23.5 Å². The van der Waals surface area contributed by atoms with Crippen LogP contribution in [0.5, 0.6) is 0 Å². The summed E-state index contributed by atoms with van der Waals surface area (Å²) in [6.07, 6.45) is -4.31. The van der Waals surface area contributed by atoms with Crippen LogP contribution in [0.3, 0.4) is 0 Å². The predicted octanol–water partition coefficient (Wildman–Crippen LogP) is 1.76. The summed E-state index contributed by atoms with van der Waals surface area (Å²) in [7, 11) is 0. The molecule has 0 spiro atoms. The topological polar surface area (TPSA) is 72.3 Å². The van der Waals surface area contributed by atoms with Crippen molar-refractivity contribution in [2.24, 2.45) is 5.73 Å². The minimum absolute atomic E-state index is 0.0948. The van der Waals surface area contributed by atoms with Gasteiger partial charge in [-0.05, 0) is 25.1 Å². The lowest BCUT2D eigenvalue weighted by Gasteiger charge is -2.25. The third-order valence-electron chi connectivity index (χ3n) is 2.40. The number of alkyl halides is 3. The average Bonchev–Trinajstić information content (AvgIpc) is 2.24. The zero-order chi connectivity index (χ0) is 13.9. The zero-order valence-corrected chi connectivity index (χ0v) is 9.79. The number of nitrogens with zero attached hydrogens (tertiary/aromatic N) is 1. The van der Waals surface area contributed by atoms with E-state index in [9.17, 15) is 18.0 Å². The SMILES string of the molecule is CCN(CC(F)(F)F)c1ccc(C(N)=O)cc1N. The Kier molecular flexibility index (Phi) is 4.05. The molecule has 4 nitrogen and oxygen atoms in total. The number of rotatable bonds is 4. The quantitative estimate of drug-likeness (QED) is 0.811. The van der Waals surface area contributed by atoms with Crippen molar-refractivity contribution in [1.82, 2.24) is 0 Å². The molecule has 0 aliphatic rings. The Bertz CT molecular complexity index is 446. The van der Waals surface area contributed by atoms with Crippen LogP contribution in [0.15, 0.2) is 18.2 Å². The van der Waals surface area contributed by atoms with E-state index < -0.39 is 18.6 Å². The van der Waals surface area contributed by atoms with E-state index >= 15 is 0 Å². The molecule has 1 aromatic rings. The maximum absolute atomic E-state index is 12.4. The lowest BCUT2D eigenvalue weighted by molar-refractivity contribution is -0.119. The van der Waals surface area contributed by atoms with Gasteiger partial charge >= 0.3 is 6.18 Å². The number of carbonyl (C=O) groups is 1. The van der Waals surface area contributed by atoms with Crippen molar-refractivity contribution in [3.05, 3.63) is 23.8 Å². The van der Waals surface area contributed by atoms with Crippen molar-refractivity contribution in [3.8, 4) is 0 Å². The molecule has 0 bridgehead atoms. The summed E-state index contributed by atoms with van der Waals surface area (Å²) in [5.41, 5.74) is 11.2. The molecule has 0 atom stereocenters. The predicted molar refractivity (Wildman–Crippen MR) is 63.3 cm³/mol. The maximum atomic E-state index is 12.4.